The Bertz CT molecular complexity index is 1170. The molecule has 0 fully saturated rings. The summed E-state index contributed by atoms with van der Waals surface area (Å²) < 4.78 is 29.9. The average molecular weight is 443 g/mol. The molecule has 0 bridgehead atoms. The van der Waals surface area contributed by atoms with Gasteiger partial charge in [-0.05, 0) is 60.4 Å². The maximum absolute atomic E-state index is 12.9. The normalized spacial score (nSPS) is 12.2. The van der Waals surface area contributed by atoms with Crippen LogP contribution in [0.4, 0.5) is 5.69 Å². The maximum Gasteiger partial charge on any atom is 0.284 e. The summed E-state index contributed by atoms with van der Waals surface area (Å²) in [7, 11) is -3.97. The van der Waals surface area contributed by atoms with Crippen LogP contribution in [0.15, 0.2) is 76.0 Å². The van der Waals surface area contributed by atoms with Gasteiger partial charge in [-0.25, -0.2) is 0 Å². The zero-order valence-corrected chi connectivity index (χ0v) is 18.5. The van der Waals surface area contributed by atoms with Gasteiger partial charge in [-0.15, -0.1) is 4.40 Å². The second-order valence-electron chi connectivity index (χ2n) is 7.24. The third-order valence-corrected chi connectivity index (χ3v) is 6.16. The highest BCUT2D eigenvalue weighted by molar-refractivity contribution is 7.90. The molecule has 7 heteroatoms. The molecule has 3 aromatic carbocycles. The van der Waals surface area contributed by atoms with E-state index in [1.165, 1.54) is 24.3 Å². The van der Waals surface area contributed by atoms with E-state index in [4.69, 9.17) is 11.6 Å². The van der Waals surface area contributed by atoms with Crippen molar-refractivity contribution < 1.29 is 13.5 Å². The third-order valence-electron chi connectivity index (χ3n) is 4.62. The molecule has 0 aliphatic carbocycles. The molecule has 0 spiro atoms. The Kier molecular flexibility index (Phi) is 6.48. The van der Waals surface area contributed by atoms with Crippen LogP contribution in [-0.4, -0.2) is 19.4 Å². The van der Waals surface area contributed by atoms with Crippen LogP contribution < -0.4 is 5.32 Å². The van der Waals surface area contributed by atoms with Gasteiger partial charge in [0.15, 0.2) is 5.84 Å². The van der Waals surface area contributed by atoms with Crippen LogP contribution in [0, 0.1) is 6.92 Å². The van der Waals surface area contributed by atoms with Crippen molar-refractivity contribution in [2.45, 2.75) is 31.6 Å². The van der Waals surface area contributed by atoms with Gasteiger partial charge in [0.05, 0.1) is 4.90 Å². The molecule has 156 valence electrons. The Morgan fingerprint density at radius 2 is 1.67 bits per heavy atom. The van der Waals surface area contributed by atoms with E-state index in [0.717, 1.165) is 11.1 Å². The molecule has 0 saturated carbocycles. The average Bonchev–Trinajstić information content (AvgIpc) is 2.70. The van der Waals surface area contributed by atoms with Gasteiger partial charge in [0.25, 0.3) is 10.0 Å². The van der Waals surface area contributed by atoms with E-state index in [2.05, 4.69) is 9.71 Å². The molecule has 0 heterocycles. The first-order valence-electron chi connectivity index (χ1n) is 9.44. The largest absolute Gasteiger partial charge is 0.508 e. The first-order chi connectivity index (χ1) is 14.2. The summed E-state index contributed by atoms with van der Waals surface area (Å²) in [5.74, 6) is 0.496. The maximum atomic E-state index is 12.9. The van der Waals surface area contributed by atoms with Gasteiger partial charge in [0.2, 0.25) is 0 Å². The number of hydrogen-bond donors (Lipinski definition) is 2. The van der Waals surface area contributed by atoms with Crippen LogP contribution in [0.1, 0.15) is 36.5 Å². The van der Waals surface area contributed by atoms with E-state index in [0.29, 0.717) is 16.3 Å². The number of halogens is 1. The van der Waals surface area contributed by atoms with Crippen molar-refractivity contribution in [3.8, 4) is 5.75 Å². The number of nitrogens with zero attached hydrogens (tertiary/aromatic N) is 1. The van der Waals surface area contributed by atoms with Crippen LogP contribution in [0.3, 0.4) is 0 Å². The number of hydrogen-bond acceptors (Lipinski definition) is 3. The first kappa shape index (κ1) is 21.9. The molecule has 0 unspecified atom stereocenters. The van der Waals surface area contributed by atoms with Gasteiger partial charge in [0, 0.05) is 16.3 Å². The summed E-state index contributed by atoms with van der Waals surface area (Å²) in [6, 6.07) is 18.4. The standard InChI is InChI=1S/C23H23ClN2O3S/c1-15(2)20-14-21(16(3)13-22(20)27)25-23(17-7-5-4-6-8-17)26-30(28,29)19-11-9-18(24)10-12-19/h4-15,27H,1-3H3,(H,25,26). The second kappa shape index (κ2) is 8.90. The van der Waals surface area contributed by atoms with Crippen LogP contribution in [0.5, 0.6) is 5.75 Å². The number of nitrogens with one attached hydrogen (secondary N) is 1. The number of amidine groups is 1. The molecule has 0 amide bonds. The smallest absolute Gasteiger partial charge is 0.284 e. The van der Waals surface area contributed by atoms with Crippen molar-refractivity contribution in [1.29, 1.82) is 0 Å². The molecule has 0 atom stereocenters. The highest BCUT2D eigenvalue weighted by Gasteiger charge is 2.17. The Morgan fingerprint density at radius 1 is 1.03 bits per heavy atom. The van der Waals surface area contributed by atoms with E-state index < -0.39 is 10.0 Å². The van der Waals surface area contributed by atoms with E-state index in [9.17, 15) is 13.5 Å². The molecule has 0 saturated heterocycles. The van der Waals surface area contributed by atoms with Crippen molar-refractivity contribution in [3.63, 3.8) is 0 Å². The lowest BCUT2D eigenvalue weighted by Gasteiger charge is -2.16. The molecular weight excluding hydrogens is 420 g/mol. The molecular formula is C23H23ClN2O3S. The second-order valence-corrected chi connectivity index (χ2v) is 9.28. The van der Waals surface area contributed by atoms with Gasteiger partial charge < -0.3 is 10.4 Å². The van der Waals surface area contributed by atoms with Crippen molar-refractivity contribution in [3.05, 3.63) is 88.4 Å². The minimum Gasteiger partial charge on any atom is -0.508 e. The third kappa shape index (κ3) is 5.01. The highest BCUT2D eigenvalue weighted by atomic mass is 35.5. The number of rotatable bonds is 5. The quantitative estimate of drug-likeness (QED) is 0.300. The number of aryl methyl sites for hydroxylation is 1. The predicted octanol–water partition coefficient (Wildman–Crippen LogP) is 5.73. The van der Waals surface area contributed by atoms with E-state index >= 15 is 0 Å². The van der Waals surface area contributed by atoms with Crippen LogP contribution in [0.2, 0.25) is 5.02 Å². The molecule has 0 aromatic heterocycles. The summed E-state index contributed by atoms with van der Waals surface area (Å²) in [5.41, 5.74) is 2.82. The SMILES string of the molecule is Cc1cc(O)c(C(C)C)cc1NC(=NS(=O)(=O)c1ccc(Cl)cc1)c1ccccc1. The van der Waals surface area contributed by atoms with Gasteiger partial charge in [-0.1, -0.05) is 55.8 Å². The Labute approximate surface area is 182 Å². The van der Waals surface area contributed by atoms with Crippen LogP contribution >= 0.6 is 11.6 Å². The number of anilines is 1. The lowest BCUT2D eigenvalue weighted by atomic mass is 9.99. The van der Waals surface area contributed by atoms with Crippen LogP contribution in [0.25, 0.3) is 0 Å². The molecule has 3 aromatic rings. The summed E-state index contributed by atoms with van der Waals surface area (Å²) in [4.78, 5) is 0.0485. The number of benzene rings is 3. The minimum atomic E-state index is -3.97. The topological polar surface area (TPSA) is 78.8 Å². The zero-order valence-electron chi connectivity index (χ0n) is 16.9. The molecule has 5 nitrogen and oxygen atoms in total. The number of sulfonamides is 1. The summed E-state index contributed by atoms with van der Waals surface area (Å²) >= 11 is 5.88. The van der Waals surface area contributed by atoms with Crippen molar-refractivity contribution >= 4 is 33.1 Å². The minimum absolute atomic E-state index is 0.0485. The predicted molar refractivity (Wildman–Crippen MR) is 122 cm³/mol. The Morgan fingerprint density at radius 3 is 2.27 bits per heavy atom. The lowest BCUT2D eigenvalue weighted by Crippen LogP contribution is -2.17. The van der Waals surface area contributed by atoms with Crippen molar-refractivity contribution in [2.24, 2.45) is 4.40 Å². The fourth-order valence-electron chi connectivity index (χ4n) is 2.96. The fraction of sp³-hybridized carbons (Fsp3) is 0.174. The lowest BCUT2D eigenvalue weighted by molar-refractivity contribution is 0.464. The molecule has 30 heavy (non-hydrogen) atoms. The fourth-order valence-corrected chi connectivity index (χ4v) is 4.06. The number of phenolic OH excluding ortho intramolecular Hbond substituents is 1. The summed E-state index contributed by atoms with van der Waals surface area (Å²) in [5, 5.41) is 13.8. The van der Waals surface area contributed by atoms with E-state index in [1.54, 1.807) is 18.2 Å². The first-order valence-corrected chi connectivity index (χ1v) is 11.3. The molecule has 3 rings (SSSR count). The van der Waals surface area contributed by atoms with E-state index in [-0.39, 0.29) is 22.4 Å². The molecule has 0 aliphatic rings. The summed E-state index contributed by atoms with van der Waals surface area (Å²) in [6.45, 7) is 5.79. The van der Waals surface area contributed by atoms with Crippen molar-refractivity contribution in [2.75, 3.05) is 5.32 Å². The highest BCUT2D eigenvalue weighted by Crippen LogP contribution is 2.31. The van der Waals surface area contributed by atoms with Gasteiger partial charge in [-0.2, -0.15) is 8.42 Å². The monoisotopic (exact) mass is 442 g/mol. The van der Waals surface area contributed by atoms with E-state index in [1.807, 2.05) is 45.0 Å². The molecule has 0 aliphatic heterocycles. The Hall–Kier alpha value is -2.83. The summed E-state index contributed by atoms with van der Waals surface area (Å²) in [6.07, 6.45) is 0. The zero-order chi connectivity index (χ0) is 21.9. The number of aromatic hydroxyl groups is 1. The van der Waals surface area contributed by atoms with Crippen molar-refractivity contribution in [1.82, 2.24) is 0 Å². The number of phenols is 1. The Balaban J connectivity index is 2.10. The molecule has 2 N–H and O–H groups in total. The van der Waals surface area contributed by atoms with Gasteiger partial charge in [0.1, 0.15) is 5.75 Å². The van der Waals surface area contributed by atoms with Crippen LogP contribution in [-0.2, 0) is 10.0 Å². The molecule has 0 radical (unpaired) electrons. The van der Waals surface area contributed by atoms with Gasteiger partial charge in [-0.3, -0.25) is 0 Å². The van der Waals surface area contributed by atoms with Gasteiger partial charge >= 0.3 is 0 Å².